The molecule has 0 saturated carbocycles. The summed E-state index contributed by atoms with van der Waals surface area (Å²) in [5, 5.41) is 1.51. The molecule has 0 fully saturated rings. The highest BCUT2D eigenvalue weighted by Crippen LogP contribution is 2.30. The molecule has 0 atom stereocenters. The van der Waals surface area contributed by atoms with Gasteiger partial charge >= 0.3 is 0 Å². The van der Waals surface area contributed by atoms with Crippen LogP contribution in [0.2, 0.25) is 10.0 Å². The largest absolute Gasteiger partial charge is 0.269 e. The Balaban J connectivity index is 0.00000121. The standard InChI is InChI=1S/C9H10Cl2.FH/c1-6(2)9-7(10)4-3-5-8(9)11;/h3-6H,1-2H3;1H. The average Bonchev–Trinajstić information content (AvgIpc) is 1.85. The number of hydrogen-bond donors (Lipinski definition) is 0. The van der Waals surface area contributed by atoms with Crippen LogP contribution in [0.3, 0.4) is 0 Å². The van der Waals surface area contributed by atoms with Crippen LogP contribution in [-0.2, 0) is 0 Å². The highest BCUT2D eigenvalue weighted by atomic mass is 35.5. The highest BCUT2D eigenvalue weighted by Gasteiger charge is 2.07. The molecular formula is C9H11Cl2F. The summed E-state index contributed by atoms with van der Waals surface area (Å²) in [5.41, 5.74) is 1.04. The van der Waals surface area contributed by atoms with Crippen LogP contribution in [0.1, 0.15) is 25.3 Å². The fourth-order valence-corrected chi connectivity index (χ4v) is 1.90. The van der Waals surface area contributed by atoms with Gasteiger partial charge in [0.1, 0.15) is 0 Å². The number of rotatable bonds is 1. The monoisotopic (exact) mass is 208 g/mol. The van der Waals surface area contributed by atoms with E-state index < -0.39 is 0 Å². The van der Waals surface area contributed by atoms with Gasteiger partial charge < -0.3 is 0 Å². The van der Waals surface area contributed by atoms with E-state index >= 15 is 0 Å². The van der Waals surface area contributed by atoms with Crippen LogP contribution in [-0.4, -0.2) is 0 Å². The first-order valence-corrected chi connectivity index (χ1v) is 4.32. The minimum atomic E-state index is 0. The summed E-state index contributed by atoms with van der Waals surface area (Å²) in [6.45, 7) is 4.15. The molecule has 0 unspecified atom stereocenters. The summed E-state index contributed by atoms with van der Waals surface area (Å²) in [5.74, 6) is 0.385. The molecule has 0 radical (unpaired) electrons. The first kappa shape index (κ1) is 11.7. The van der Waals surface area contributed by atoms with Gasteiger partial charge in [0.2, 0.25) is 0 Å². The van der Waals surface area contributed by atoms with Gasteiger partial charge in [0.15, 0.2) is 0 Å². The maximum absolute atomic E-state index is 5.94. The second-order valence-electron chi connectivity index (χ2n) is 2.79. The quantitative estimate of drug-likeness (QED) is 0.647. The van der Waals surface area contributed by atoms with Crippen molar-refractivity contribution in [2.45, 2.75) is 19.8 Å². The molecule has 0 aromatic heterocycles. The fourth-order valence-electron chi connectivity index (χ4n) is 1.06. The van der Waals surface area contributed by atoms with Gasteiger partial charge in [-0.1, -0.05) is 43.1 Å². The lowest BCUT2D eigenvalue weighted by molar-refractivity contribution is 0.867. The molecule has 3 heteroatoms. The van der Waals surface area contributed by atoms with E-state index in [9.17, 15) is 0 Å². The molecule has 1 aromatic carbocycles. The third-order valence-corrected chi connectivity index (χ3v) is 2.24. The van der Waals surface area contributed by atoms with Crippen LogP contribution in [0.25, 0.3) is 0 Å². The van der Waals surface area contributed by atoms with Gasteiger partial charge in [0.25, 0.3) is 0 Å². The van der Waals surface area contributed by atoms with Gasteiger partial charge in [-0.25, -0.2) is 0 Å². The molecule has 0 amide bonds. The minimum absolute atomic E-state index is 0. The Labute approximate surface area is 81.9 Å². The van der Waals surface area contributed by atoms with Crippen LogP contribution in [0.15, 0.2) is 18.2 Å². The van der Waals surface area contributed by atoms with Crippen molar-refractivity contribution in [3.05, 3.63) is 33.8 Å². The SMILES string of the molecule is CC(C)c1c(Cl)cccc1Cl.F. The maximum atomic E-state index is 5.94. The van der Waals surface area contributed by atoms with Crippen molar-refractivity contribution in [1.29, 1.82) is 0 Å². The summed E-state index contributed by atoms with van der Waals surface area (Å²) >= 11 is 11.9. The molecule has 68 valence electrons. The molecule has 12 heavy (non-hydrogen) atoms. The van der Waals surface area contributed by atoms with Gasteiger partial charge in [-0.2, -0.15) is 0 Å². The zero-order valence-electron chi connectivity index (χ0n) is 6.97. The van der Waals surface area contributed by atoms with Gasteiger partial charge in [-0.05, 0) is 23.6 Å². The van der Waals surface area contributed by atoms with Crippen molar-refractivity contribution in [2.75, 3.05) is 0 Å². The maximum Gasteiger partial charge on any atom is 0.0455 e. The molecule has 0 aliphatic rings. The Bertz CT molecular complexity index is 238. The van der Waals surface area contributed by atoms with Crippen LogP contribution >= 0.6 is 23.2 Å². The summed E-state index contributed by atoms with van der Waals surface area (Å²) in [7, 11) is 0. The predicted octanol–water partition coefficient (Wildman–Crippen LogP) is 4.27. The Kier molecular flexibility index (Phi) is 4.58. The molecule has 0 spiro atoms. The Hall–Kier alpha value is -0.270. The molecule has 0 bridgehead atoms. The summed E-state index contributed by atoms with van der Waals surface area (Å²) in [6, 6.07) is 5.59. The van der Waals surface area contributed by atoms with Gasteiger partial charge in [0.05, 0.1) is 0 Å². The van der Waals surface area contributed by atoms with Crippen molar-refractivity contribution >= 4 is 23.2 Å². The lowest BCUT2D eigenvalue weighted by atomic mass is 10.0. The van der Waals surface area contributed by atoms with E-state index in [1.807, 2.05) is 18.2 Å². The van der Waals surface area contributed by atoms with E-state index in [1.165, 1.54) is 0 Å². The topological polar surface area (TPSA) is 0 Å². The molecule has 0 aliphatic heterocycles. The van der Waals surface area contributed by atoms with E-state index in [4.69, 9.17) is 23.2 Å². The number of halogens is 3. The molecule has 0 saturated heterocycles. The van der Waals surface area contributed by atoms with E-state index in [0.29, 0.717) is 5.92 Å². The van der Waals surface area contributed by atoms with E-state index in [-0.39, 0.29) is 4.70 Å². The van der Waals surface area contributed by atoms with Crippen LogP contribution < -0.4 is 0 Å². The molecule has 1 aromatic rings. The zero-order valence-corrected chi connectivity index (χ0v) is 8.49. The second-order valence-corrected chi connectivity index (χ2v) is 3.60. The van der Waals surface area contributed by atoms with Gasteiger partial charge in [-0.3, -0.25) is 4.70 Å². The Morgan fingerprint density at radius 1 is 1.08 bits per heavy atom. The molecule has 0 heterocycles. The first-order chi connectivity index (χ1) is 5.13. The zero-order chi connectivity index (χ0) is 8.43. The van der Waals surface area contributed by atoms with Crippen molar-refractivity contribution in [2.24, 2.45) is 0 Å². The third kappa shape index (κ3) is 2.36. The molecule has 1 rings (SSSR count). The summed E-state index contributed by atoms with van der Waals surface area (Å²) < 4.78 is 0. The van der Waals surface area contributed by atoms with E-state index in [1.54, 1.807) is 0 Å². The molecule has 0 N–H and O–H groups in total. The fraction of sp³-hybridized carbons (Fsp3) is 0.333. The van der Waals surface area contributed by atoms with Gasteiger partial charge in [0, 0.05) is 10.0 Å². The predicted molar refractivity (Wildman–Crippen MR) is 53.1 cm³/mol. The van der Waals surface area contributed by atoms with E-state index in [0.717, 1.165) is 15.6 Å². The number of benzene rings is 1. The Morgan fingerprint density at radius 3 is 1.75 bits per heavy atom. The Morgan fingerprint density at radius 2 is 1.50 bits per heavy atom. The highest BCUT2D eigenvalue weighted by molar-refractivity contribution is 6.36. The lowest BCUT2D eigenvalue weighted by Gasteiger charge is -2.09. The van der Waals surface area contributed by atoms with Crippen molar-refractivity contribution in [3.63, 3.8) is 0 Å². The molecule has 0 nitrogen and oxygen atoms in total. The average molecular weight is 209 g/mol. The van der Waals surface area contributed by atoms with Crippen molar-refractivity contribution in [3.8, 4) is 0 Å². The summed E-state index contributed by atoms with van der Waals surface area (Å²) in [6.07, 6.45) is 0. The van der Waals surface area contributed by atoms with E-state index in [2.05, 4.69) is 13.8 Å². The third-order valence-electron chi connectivity index (χ3n) is 1.58. The van der Waals surface area contributed by atoms with Gasteiger partial charge in [-0.15, -0.1) is 0 Å². The van der Waals surface area contributed by atoms with Crippen molar-refractivity contribution in [1.82, 2.24) is 0 Å². The first-order valence-electron chi connectivity index (χ1n) is 3.57. The lowest BCUT2D eigenvalue weighted by Crippen LogP contribution is -1.89. The normalized spacial score (nSPS) is 9.75. The summed E-state index contributed by atoms with van der Waals surface area (Å²) in [4.78, 5) is 0. The van der Waals surface area contributed by atoms with Crippen LogP contribution in [0.4, 0.5) is 4.70 Å². The smallest absolute Gasteiger partial charge is 0.0455 e. The molecule has 0 aliphatic carbocycles. The number of hydrogen-bond acceptors (Lipinski definition) is 0. The minimum Gasteiger partial charge on any atom is -0.269 e. The molecular weight excluding hydrogens is 198 g/mol. The van der Waals surface area contributed by atoms with Crippen molar-refractivity contribution < 1.29 is 4.70 Å². The second kappa shape index (κ2) is 4.68. The van der Waals surface area contributed by atoms with Crippen LogP contribution in [0, 0.1) is 0 Å². The van der Waals surface area contributed by atoms with Crippen LogP contribution in [0.5, 0.6) is 0 Å².